The summed E-state index contributed by atoms with van der Waals surface area (Å²) in [6.45, 7) is 0.770. The van der Waals surface area contributed by atoms with E-state index in [1.165, 1.54) is 20.0 Å². The molecule has 0 N–H and O–H groups in total. The van der Waals surface area contributed by atoms with Crippen LogP contribution in [0.25, 0.3) is 11.3 Å². The Hall–Kier alpha value is -2.24. The van der Waals surface area contributed by atoms with Gasteiger partial charge in [-0.2, -0.15) is 0 Å². The van der Waals surface area contributed by atoms with E-state index < -0.39 is 5.97 Å². The predicted molar refractivity (Wildman–Crippen MR) is 71.9 cm³/mol. The molecule has 0 spiro atoms. The molecule has 1 aliphatic rings. The number of hydrogen-bond donors (Lipinski definition) is 0. The maximum absolute atomic E-state index is 11.8. The maximum Gasteiger partial charge on any atom is 0.360 e. The first kappa shape index (κ1) is 12.8. The Bertz CT molecular complexity index is 605. The minimum Gasteiger partial charge on any atom is -0.464 e. The van der Waals surface area contributed by atoms with Gasteiger partial charge in [0.1, 0.15) is 5.69 Å². The van der Waals surface area contributed by atoms with Crippen LogP contribution in [-0.4, -0.2) is 33.1 Å². The molecule has 20 heavy (non-hydrogen) atoms. The van der Waals surface area contributed by atoms with Crippen LogP contribution in [0, 0.1) is 5.92 Å². The lowest BCUT2D eigenvalue weighted by Gasteiger charge is -2.07. The Kier molecular flexibility index (Phi) is 3.45. The lowest BCUT2D eigenvalue weighted by molar-refractivity contribution is 0.0595. The van der Waals surface area contributed by atoms with Gasteiger partial charge in [0.25, 0.3) is 0 Å². The van der Waals surface area contributed by atoms with Crippen LogP contribution in [0.15, 0.2) is 24.5 Å². The molecule has 3 rings (SSSR count). The molecular weight excluding hydrogens is 256 g/mol. The lowest BCUT2D eigenvalue weighted by Crippen LogP contribution is -2.07. The molecule has 104 valence electrons. The summed E-state index contributed by atoms with van der Waals surface area (Å²) < 4.78 is 6.57. The SMILES string of the molecule is COC(=O)c1nnn(CCC2CC2)c1-c1ccncc1. The Morgan fingerprint density at radius 2 is 2.15 bits per heavy atom. The zero-order chi connectivity index (χ0) is 13.9. The molecule has 0 saturated heterocycles. The van der Waals surface area contributed by atoms with Crippen LogP contribution >= 0.6 is 0 Å². The van der Waals surface area contributed by atoms with Crippen molar-refractivity contribution >= 4 is 5.97 Å². The van der Waals surface area contributed by atoms with Gasteiger partial charge in [-0.15, -0.1) is 5.10 Å². The second-order valence-electron chi connectivity index (χ2n) is 4.97. The molecule has 0 amide bonds. The lowest BCUT2D eigenvalue weighted by atomic mass is 10.1. The van der Waals surface area contributed by atoms with Crippen LogP contribution in [0.5, 0.6) is 0 Å². The summed E-state index contributed by atoms with van der Waals surface area (Å²) in [5.41, 5.74) is 1.84. The van der Waals surface area contributed by atoms with Crippen molar-refractivity contribution in [1.82, 2.24) is 20.0 Å². The van der Waals surface area contributed by atoms with Crippen LogP contribution in [0.4, 0.5) is 0 Å². The summed E-state index contributed by atoms with van der Waals surface area (Å²) in [5.74, 6) is 0.334. The quantitative estimate of drug-likeness (QED) is 0.778. The molecule has 0 unspecified atom stereocenters. The number of nitrogens with zero attached hydrogens (tertiary/aromatic N) is 4. The molecule has 0 bridgehead atoms. The van der Waals surface area contributed by atoms with E-state index in [1.54, 1.807) is 17.1 Å². The third-order valence-electron chi connectivity index (χ3n) is 3.51. The molecule has 1 fully saturated rings. The number of aromatic nitrogens is 4. The average Bonchev–Trinajstić information content (AvgIpc) is 3.23. The Morgan fingerprint density at radius 1 is 1.40 bits per heavy atom. The van der Waals surface area contributed by atoms with Gasteiger partial charge < -0.3 is 4.74 Å². The van der Waals surface area contributed by atoms with Crippen molar-refractivity contribution in [2.24, 2.45) is 5.92 Å². The van der Waals surface area contributed by atoms with Crippen molar-refractivity contribution in [3.8, 4) is 11.3 Å². The topological polar surface area (TPSA) is 69.9 Å². The van der Waals surface area contributed by atoms with E-state index in [1.807, 2.05) is 12.1 Å². The number of aryl methyl sites for hydroxylation is 1. The highest BCUT2D eigenvalue weighted by Gasteiger charge is 2.25. The highest BCUT2D eigenvalue weighted by Crippen LogP contribution is 2.33. The van der Waals surface area contributed by atoms with E-state index in [2.05, 4.69) is 15.3 Å². The van der Waals surface area contributed by atoms with Crippen LogP contribution in [0.1, 0.15) is 29.8 Å². The maximum atomic E-state index is 11.8. The fourth-order valence-corrected chi connectivity index (χ4v) is 2.21. The summed E-state index contributed by atoms with van der Waals surface area (Å²) in [6.07, 6.45) is 7.04. The van der Waals surface area contributed by atoms with Gasteiger partial charge in [-0.25, -0.2) is 9.48 Å². The van der Waals surface area contributed by atoms with E-state index in [4.69, 9.17) is 4.74 Å². The molecule has 6 heteroatoms. The Morgan fingerprint density at radius 3 is 2.80 bits per heavy atom. The standard InChI is InChI=1S/C14H16N4O2/c1-20-14(19)12-13(11-4-7-15-8-5-11)18(17-16-12)9-6-10-2-3-10/h4-5,7-8,10H,2-3,6,9H2,1H3. The summed E-state index contributed by atoms with van der Waals surface area (Å²) in [7, 11) is 1.35. The van der Waals surface area contributed by atoms with Gasteiger partial charge >= 0.3 is 5.97 Å². The summed E-state index contributed by atoms with van der Waals surface area (Å²) >= 11 is 0. The van der Waals surface area contributed by atoms with Crippen LogP contribution in [0.3, 0.4) is 0 Å². The van der Waals surface area contributed by atoms with Crippen LogP contribution < -0.4 is 0 Å². The summed E-state index contributed by atoms with van der Waals surface area (Å²) in [4.78, 5) is 15.8. The third-order valence-corrected chi connectivity index (χ3v) is 3.51. The van der Waals surface area contributed by atoms with Gasteiger partial charge in [0, 0.05) is 24.5 Å². The molecule has 1 aliphatic carbocycles. The monoisotopic (exact) mass is 272 g/mol. The van der Waals surface area contributed by atoms with Gasteiger partial charge in [-0.05, 0) is 24.5 Å². The predicted octanol–water partition coefficient (Wildman–Crippen LogP) is 1.93. The molecule has 2 heterocycles. The van der Waals surface area contributed by atoms with Gasteiger partial charge in [0.05, 0.1) is 7.11 Å². The van der Waals surface area contributed by atoms with E-state index in [0.29, 0.717) is 5.69 Å². The molecule has 2 aromatic heterocycles. The molecule has 1 saturated carbocycles. The number of methoxy groups -OCH3 is 1. The molecule has 0 radical (unpaired) electrons. The number of hydrogen-bond acceptors (Lipinski definition) is 5. The van der Waals surface area contributed by atoms with Crippen molar-refractivity contribution in [3.05, 3.63) is 30.2 Å². The number of carbonyl (C=O) groups excluding carboxylic acids is 1. The van der Waals surface area contributed by atoms with Crippen LogP contribution in [0.2, 0.25) is 0 Å². The minimum atomic E-state index is -0.463. The Balaban J connectivity index is 1.96. The first-order valence-electron chi connectivity index (χ1n) is 6.72. The van der Waals surface area contributed by atoms with E-state index in [0.717, 1.165) is 24.4 Å². The van der Waals surface area contributed by atoms with Crippen molar-refractivity contribution in [3.63, 3.8) is 0 Å². The van der Waals surface area contributed by atoms with Crippen molar-refractivity contribution in [2.45, 2.75) is 25.8 Å². The third kappa shape index (κ3) is 2.54. The van der Waals surface area contributed by atoms with Crippen LogP contribution in [-0.2, 0) is 11.3 Å². The largest absolute Gasteiger partial charge is 0.464 e. The highest BCUT2D eigenvalue weighted by atomic mass is 16.5. The fraction of sp³-hybridized carbons (Fsp3) is 0.429. The normalized spacial score (nSPS) is 14.2. The molecular formula is C14H16N4O2. The zero-order valence-electron chi connectivity index (χ0n) is 11.3. The van der Waals surface area contributed by atoms with Gasteiger partial charge in [-0.3, -0.25) is 4.98 Å². The summed E-state index contributed by atoms with van der Waals surface area (Å²) in [5, 5.41) is 8.09. The number of rotatable bonds is 5. The molecule has 2 aromatic rings. The fourth-order valence-electron chi connectivity index (χ4n) is 2.21. The zero-order valence-corrected chi connectivity index (χ0v) is 11.3. The second-order valence-corrected chi connectivity index (χ2v) is 4.97. The minimum absolute atomic E-state index is 0.259. The van der Waals surface area contributed by atoms with Gasteiger partial charge in [0.15, 0.2) is 5.69 Å². The van der Waals surface area contributed by atoms with Crippen molar-refractivity contribution in [1.29, 1.82) is 0 Å². The van der Waals surface area contributed by atoms with E-state index >= 15 is 0 Å². The first-order valence-corrected chi connectivity index (χ1v) is 6.72. The van der Waals surface area contributed by atoms with E-state index in [-0.39, 0.29) is 5.69 Å². The molecule has 0 atom stereocenters. The van der Waals surface area contributed by atoms with Gasteiger partial charge in [0.2, 0.25) is 0 Å². The smallest absolute Gasteiger partial charge is 0.360 e. The Labute approximate surface area is 116 Å². The van der Waals surface area contributed by atoms with Crippen molar-refractivity contribution < 1.29 is 9.53 Å². The molecule has 6 nitrogen and oxygen atoms in total. The number of pyridine rings is 1. The van der Waals surface area contributed by atoms with E-state index in [9.17, 15) is 4.79 Å². The average molecular weight is 272 g/mol. The van der Waals surface area contributed by atoms with Gasteiger partial charge in [-0.1, -0.05) is 18.1 Å². The second kappa shape index (κ2) is 5.40. The molecule has 0 aromatic carbocycles. The number of carbonyl (C=O) groups is 1. The first-order chi connectivity index (χ1) is 9.79. The van der Waals surface area contributed by atoms with Crippen molar-refractivity contribution in [2.75, 3.05) is 7.11 Å². The number of ether oxygens (including phenoxy) is 1. The summed E-state index contributed by atoms with van der Waals surface area (Å²) in [6, 6.07) is 3.69. The highest BCUT2D eigenvalue weighted by molar-refractivity contribution is 5.93. The number of esters is 1. The molecule has 0 aliphatic heterocycles.